The third-order valence-electron chi connectivity index (χ3n) is 5.50. The Bertz CT molecular complexity index is 1050. The van der Waals surface area contributed by atoms with E-state index in [0.29, 0.717) is 24.1 Å². The molecule has 4 rings (SSSR count). The summed E-state index contributed by atoms with van der Waals surface area (Å²) in [4.78, 5) is 32.0. The lowest BCUT2D eigenvalue weighted by atomic mass is 9.89. The Morgan fingerprint density at radius 1 is 1.19 bits per heavy atom. The van der Waals surface area contributed by atoms with Crippen molar-refractivity contribution in [1.29, 1.82) is 0 Å². The first-order chi connectivity index (χ1) is 15.0. The molecular weight excluding hydrogens is 419 g/mol. The van der Waals surface area contributed by atoms with E-state index in [-0.39, 0.29) is 34.8 Å². The van der Waals surface area contributed by atoms with Crippen LogP contribution in [0.25, 0.3) is 11.4 Å². The molecule has 1 aliphatic rings. The molecule has 1 saturated heterocycles. The zero-order valence-corrected chi connectivity index (χ0v) is 17.8. The summed E-state index contributed by atoms with van der Waals surface area (Å²) in [5.74, 6) is 0.128. The lowest BCUT2D eigenvalue weighted by Crippen LogP contribution is -2.51. The Balaban J connectivity index is 1.62. The van der Waals surface area contributed by atoms with E-state index in [1.54, 1.807) is 17.0 Å². The molecule has 3 heterocycles. The van der Waals surface area contributed by atoms with Crippen LogP contribution < -0.4 is 5.32 Å². The molecule has 1 fully saturated rings. The molecule has 31 heavy (non-hydrogen) atoms. The maximum atomic E-state index is 14.7. The number of hydrogen-bond acceptors (Lipinski definition) is 6. The van der Waals surface area contributed by atoms with E-state index in [0.717, 1.165) is 12.8 Å². The van der Waals surface area contributed by atoms with Crippen LogP contribution in [0.15, 0.2) is 49.1 Å². The van der Waals surface area contributed by atoms with Gasteiger partial charge in [0.2, 0.25) is 5.95 Å². The first-order valence-electron chi connectivity index (χ1n) is 10.1. The zero-order valence-electron chi connectivity index (χ0n) is 17.0. The van der Waals surface area contributed by atoms with Crippen molar-refractivity contribution >= 4 is 23.5 Å². The van der Waals surface area contributed by atoms with E-state index in [1.165, 1.54) is 36.9 Å². The quantitative estimate of drug-likeness (QED) is 0.643. The highest BCUT2D eigenvalue weighted by atomic mass is 35.5. The van der Waals surface area contributed by atoms with Crippen LogP contribution in [0, 0.1) is 11.7 Å². The van der Waals surface area contributed by atoms with Crippen LogP contribution in [0.2, 0.25) is 5.02 Å². The number of piperidine rings is 1. The van der Waals surface area contributed by atoms with Crippen LogP contribution in [0.5, 0.6) is 0 Å². The second kappa shape index (κ2) is 9.34. The van der Waals surface area contributed by atoms with Gasteiger partial charge in [-0.15, -0.1) is 0 Å². The molecule has 0 aliphatic carbocycles. The molecule has 3 aromatic rings. The summed E-state index contributed by atoms with van der Waals surface area (Å²) in [7, 11) is 0. The van der Waals surface area contributed by atoms with E-state index in [1.807, 2.05) is 0 Å². The van der Waals surface area contributed by atoms with E-state index in [2.05, 4.69) is 32.2 Å². The molecule has 0 bridgehead atoms. The summed E-state index contributed by atoms with van der Waals surface area (Å²) >= 11 is 5.85. The molecule has 160 valence electrons. The SMILES string of the molecule is CC1CCCN(C(=O)c2cccc(F)c2-c2ncccn2)C1CNc1ncc(Cl)cn1. The molecule has 0 saturated carbocycles. The smallest absolute Gasteiger partial charge is 0.255 e. The number of carbonyl (C=O) groups excluding carboxylic acids is 1. The summed E-state index contributed by atoms with van der Waals surface area (Å²) < 4.78 is 14.7. The van der Waals surface area contributed by atoms with Crippen LogP contribution in [0.1, 0.15) is 30.1 Å². The van der Waals surface area contributed by atoms with E-state index in [9.17, 15) is 9.18 Å². The van der Waals surface area contributed by atoms with Gasteiger partial charge in [-0.2, -0.15) is 0 Å². The number of amides is 1. The maximum absolute atomic E-state index is 14.7. The molecule has 1 N–H and O–H groups in total. The Kier molecular flexibility index (Phi) is 6.36. The molecule has 0 spiro atoms. The summed E-state index contributed by atoms with van der Waals surface area (Å²) in [5.41, 5.74) is 0.382. The standard InChI is InChI=1S/C22H22ClFN6O/c1-14-5-3-10-30(18(14)13-29-22-27-11-15(23)12-28-22)21(31)16-6-2-7-17(24)19(16)20-25-8-4-9-26-20/h2,4,6-9,11-12,14,18H,3,5,10,13H2,1H3,(H,27,28,29). The Morgan fingerprint density at radius 2 is 1.94 bits per heavy atom. The number of rotatable bonds is 5. The minimum absolute atomic E-state index is 0.103. The van der Waals surface area contributed by atoms with Gasteiger partial charge in [0.05, 0.1) is 34.6 Å². The van der Waals surface area contributed by atoms with E-state index >= 15 is 0 Å². The average molecular weight is 441 g/mol. The highest BCUT2D eigenvalue weighted by molar-refractivity contribution is 6.30. The topological polar surface area (TPSA) is 83.9 Å². The van der Waals surface area contributed by atoms with Crippen molar-refractivity contribution < 1.29 is 9.18 Å². The van der Waals surface area contributed by atoms with Crippen molar-refractivity contribution in [1.82, 2.24) is 24.8 Å². The van der Waals surface area contributed by atoms with Crippen molar-refractivity contribution in [2.24, 2.45) is 5.92 Å². The number of carbonyl (C=O) groups is 1. The van der Waals surface area contributed by atoms with Crippen molar-refractivity contribution in [2.75, 3.05) is 18.4 Å². The van der Waals surface area contributed by atoms with E-state index < -0.39 is 5.82 Å². The first kappa shape index (κ1) is 21.1. The zero-order chi connectivity index (χ0) is 21.8. The second-order valence-electron chi connectivity index (χ2n) is 7.53. The molecule has 2 unspecified atom stereocenters. The highest BCUT2D eigenvalue weighted by Gasteiger charge is 2.34. The first-order valence-corrected chi connectivity index (χ1v) is 10.5. The lowest BCUT2D eigenvalue weighted by Gasteiger charge is -2.40. The summed E-state index contributed by atoms with van der Waals surface area (Å²) in [5, 5.41) is 3.65. The van der Waals surface area contributed by atoms with Gasteiger partial charge in [0.1, 0.15) is 5.82 Å². The van der Waals surface area contributed by atoms with Gasteiger partial charge in [-0.3, -0.25) is 4.79 Å². The van der Waals surface area contributed by atoms with Gasteiger partial charge < -0.3 is 10.2 Å². The number of aromatic nitrogens is 4. The monoisotopic (exact) mass is 440 g/mol. The van der Waals surface area contributed by atoms with Gasteiger partial charge >= 0.3 is 0 Å². The fourth-order valence-corrected chi connectivity index (χ4v) is 4.02. The number of benzene rings is 1. The van der Waals surface area contributed by atoms with Gasteiger partial charge in [0.15, 0.2) is 5.82 Å². The van der Waals surface area contributed by atoms with E-state index in [4.69, 9.17) is 11.6 Å². The molecule has 9 heteroatoms. The Labute approximate surface area is 184 Å². The Hall–Kier alpha value is -3.13. The van der Waals surface area contributed by atoms with Crippen LogP contribution in [0.4, 0.5) is 10.3 Å². The molecule has 1 aliphatic heterocycles. The average Bonchev–Trinajstić information content (AvgIpc) is 2.79. The number of hydrogen-bond donors (Lipinski definition) is 1. The van der Waals surface area contributed by atoms with Crippen LogP contribution in [-0.2, 0) is 0 Å². The summed E-state index contributed by atoms with van der Waals surface area (Å²) in [6.45, 7) is 3.17. The summed E-state index contributed by atoms with van der Waals surface area (Å²) in [6, 6.07) is 6.03. The summed E-state index contributed by atoms with van der Waals surface area (Å²) in [6.07, 6.45) is 7.98. The van der Waals surface area contributed by atoms with Gasteiger partial charge in [-0.1, -0.05) is 24.6 Å². The molecule has 0 radical (unpaired) electrons. The molecule has 1 amide bonds. The van der Waals surface area contributed by atoms with Crippen LogP contribution >= 0.6 is 11.6 Å². The molecule has 7 nitrogen and oxygen atoms in total. The highest BCUT2D eigenvalue weighted by Crippen LogP contribution is 2.29. The molecule has 2 atom stereocenters. The number of likely N-dealkylation sites (tertiary alicyclic amines) is 1. The second-order valence-corrected chi connectivity index (χ2v) is 7.96. The molecular formula is C22H22ClFN6O. The molecule has 1 aromatic carbocycles. The third-order valence-corrected chi connectivity index (χ3v) is 5.69. The van der Waals surface area contributed by atoms with Crippen molar-refractivity contribution in [3.8, 4) is 11.4 Å². The number of halogens is 2. The van der Waals surface area contributed by atoms with Gasteiger partial charge in [-0.25, -0.2) is 24.3 Å². The largest absolute Gasteiger partial charge is 0.352 e. The predicted molar refractivity (Wildman–Crippen MR) is 116 cm³/mol. The number of nitrogens with one attached hydrogen (secondary N) is 1. The maximum Gasteiger partial charge on any atom is 0.255 e. The van der Waals surface area contributed by atoms with Crippen LogP contribution in [0.3, 0.4) is 0 Å². The fourth-order valence-electron chi connectivity index (χ4n) is 3.92. The third kappa shape index (κ3) is 4.64. The number of nitrogens with zero attached hydrogens (tertiary/aromatic N) is 5. The Morgan fingerprint density at radius 3 is 2.68 bits per heavy atom. The molecule has 2 aromatic heterocycles. The van der Waals surface area contributed by atoms with Gasteiger partial charge in [-0.05, 0) is 37.0 Å². The van der Waals surface area contributed by atoms with Gasteiger partial charge in [0, 0.05) is 25.5 Å². The van der Waals surface area contributed by atoms with Gasteiger partial charge in [0.25, 0.3) is 5.91 Å². The minimum Gasteiger partial charge on any atom is -0.352 e. The minimum atomic E-state index is -0.522. The van der Waals surface area contributed by atoms with Crippen molar-refractivity contribution in [3.05, 3.63) is 65.5 Å². The number of anilines is 1. The lowest BCUT2D eigenvalue weighted by molar-refractivity contribution is 0.0540. The van der Waals surface area contributed by atoms with Crippen molar-refractivity contribution in [3.63, 3.8) is 0 Å². The predicted octanol–water partition coefficient (Wildman–Crippen LogP) is 4.08. The fraction of sp³-hybridized carbons (Fsp3) is 0.318. The normalized spacial score (nSPS) is 18.6. The van der Waals surface area contributed by atoms with Crippen LogP contribution in [-0.4, -0.2) is 49.9 Å². The van der Waals surface area contributed by atoms with Crippen molar-refractivity contribution in [2.45, 2.75) is 25.8 Å².